The molecular weight excluding hydrogens is 840 g/mol. The summed E-state index contributed by atoms with van der Waals surface area (Å²) in [5, 5.41) is 14.0. The first-order valence-electron chi connectivity index (χ1n) is 28.3. The normalized spacial score (nSPS) is 14.2. The third kappa shape index (κ3) is 50.6. The number of amides is 1. The molecule has 9 heteroatoms. The van der Waals surface area contributed by atoms with Crippen LogP contribution in [0.2, 0.25) is 0 Å². The maximum Gasteiger partial charge on any atom is 0.268 e. The van der Waals surface area contributed by atoms with Crippen molar-refractivity contribution in [3.8, 4) is 0 Å². The van der Waals surface area contributed by atoms with Crippen molar-refractivity contribution in [3.63, 3.8) is 0 Å². The van der Waals surface area contributed by atoms with Gasteiger partial charge in [-0.15, -0.1) is 0 Å². The zero-order valence-electron chi connectivity index (χ0n) is 44.4. The van der Waals surface area contributed by atoms with E-state index in [1.807, 2.05) is 21.1 Å². The molecule has 0 aliphatic heterocycles. The predicted molar refractivity (Wildman–Crippen MR) is 284 cm³/mol. The Labute approximate surface area is 410 Å². The van der Waals surface area contributed by atoms with Gasteiger partial charge >= 0.3 is 0 Å². The van der Waals surface area contributed by atoms with Crippen LogP contribution in [0, 0.1) is 0 Å². The zero-order chi connectivity index (χ0) is 48.5. The second-order valence-electron chi connectivity index (χ2n) is 20.6. The smallest absolute Gasteiger partial charge is 0.268 e. The number of nitrogens with zero attached hydrogens (tertiary/aromatic N) is 1. The summed E-state index contributed by atoms with van der Waals surface area (Å²) < 4.78 is 23.4. The molecule has 0 spiro atoms. The SMILES string of the molecule is CCCCCCC/C=C\C/C=C\C/C=C\CCCCCCCCCCCCCCC(=O)NC(COP(=O)([O-])OCC[N+](C)(C)C)C(O)CCCCCCCCCCCCCCCCCCC. The summed E-state index contributed by atoms with van der Waals surface area (Å²) in [6.45, 7) is 4.74. The van der Waals surface area contributed by atoms with E-state index in [1.165, 1.54) is 193 Å². The maximum atomic E-state index is 13.0. The van der Waals surface area contributed by atoms with E-state index < -0.39 is 20.0 Å². The zero-order valence-corrected chi connectivity index (χ0v) is 45.3. The van der Waals surface area contributed by atoms with Crippen LogP contribution in [0.3, 0.4) is 0 Å². The Bertz CT molecular complexity index is 1170. The van der Waals surface area contributed by atoms with Crippen molar-refractivity contribution in [1.82, 2.24) is 5.32 Å². The van der Waals surface area contributed by atoms with Crippen LogP contribution >= 0.6 is 7.82 Å². The van der Waals surface area contributed by atoms with Gasteiger partial charge in [0, 0.05) is 6.42 Å². The Morgan fingerprint density at radius 2 is 0.879 bits per heavy atom. The van der Waals surface area contributed by atoms with E-state index in [1.54, 1.807) is 0 Å². The number of nitrogens with one attached hydrogen (secondary N) is 1. The van der Waals surface area contributed by atoms with Crippen molar-refractivity contribution in [3.05, 3.63) is 36.5 Å². The van der Waals surface area contributed by atoms with Gasteiger partial charge < -0.3 is 28.8 Å². The molecule has 0 aliphatic rings. The Kier molecular flexibility index (Phi) is 47.8. The van der Waals surface area contributed by atoms with Crippen LogP contribution in [0.1, 0.15) is 271 Å². The van der Waals surface area contributed by atoms with Gasteiger partial charge in [-0.2, -0.15) is 0 Å². The van der Waals surface area contributed by atoms with Crippen LogP contribution in [0.15, 0.2) is 36.5 Å². The Hall–Kier alpha value is -1.28. The summed E-state index contributed by atoms with van der Waals surface area (Å²) in [5.41, 5.74) is 0. The molecule has 3 unspecified atom stereocenters. The van der Waals surface area contributed by atoms with Crippen molar-refractivity contribution in [2.24, 2.45) is 0 Å². The monoisotopic (exact) mass is 951 g/mol. The Morgan fingerprint density at radius 1 is 0.530 bits per heavy atom. The molecule has 0 aromatic heterocycles. The van der Waals surface area contributed by atoms with Gasteiger partial charge in [0.25, 0.3) is 7.82 Å². The van der Waals surface area contributed by atoms with Crippen LogP contribution in [-0.4, -0.2) is 68.5 Å². The van der Waals surface area contributed by atoms with E-state index in [9.17, 15) is 19.4 Å². The van der Waals surface area contributed by atoms with E-state index in [2.05, 4.69) is 55.6 Å². The molecule has 0 aliphatic carbocycles. The van der Waals surface area contributed by atoms with Crippen LogP contribution < -0.4 is 10.2 Å². The summed E-state index contributed by atoms with van der Waals surface area (Å²) in [7, 11) is 1.31. The number of hydrogen-bond acceptors (Lipinski definition) is 6. The molecule has 8 nitrogen and oxygen atoms in total. The predicted octanol–water partition coefficient (Wildman–Crippen LogP) is 16.4. The topological polar surface area (TPSA) is 108 Å². The summed E-state index contributed by atoms with van der Waals surface area (Å²) >= 11 is 0. The molecule has 0 bridgehead atoms. The fraction of sp³-hybridized carbons (Fsp3) is 0.877. The second kappa shape index (κ2) is 48.7. The first-order valence-corrected chi connectivity index (χ1v) is 29.8. The number of carbonyl (C=O) groups excluding carboxylic acids is 1. The average Bonchev–Trinajstić information content (AvgIpc) is 3.28. The lowest BCUT2D eigenvalue weighted by Gasteiger charge is -2.30. The number of carbonyl (C=O) groups is 1. The number of phosphoric ester groups is 1. The van der Waals surface area contributed by atoms with Crippen molar-refractivity contribution < 1.29 is 32.9 Å². The molecule has 3 atom stereocenters. The number of hydrogen-bond donors (Lipinski definition) is 2. The molecule has 390 valence electrons. The molecule has 0 fully saturated rings. The molecule has 0 saturated heterocycles. The largest absolute Gasteiger partial charge is 0.756 e. The lowest BCUT2D eigenvalue weighted by molar-refractivity contribution is -0.870. The van der Waals surface area contributed by atoms with Crippen molar-refractivity contribution in [1.29, 1.82) is 0 Å². The fourth-order valence-electron chi connectivity index (χ4n) is 8.40. The Morgan fingerprint density at radius 3 is 1.27 bits per heavy atom. The first-order chi connectivity index (χ1) is 32.0. The minimum Gasteiger partial charge on any atom is -0.756 e. The van der Waals surface area contributed by atoms with Gasteiger partial charge in [-0.05, 0) is 51.4 Å². The number of quaternary nitrogens is 1. The van der Waals surface area contributed by atoms with Crippen molar-refractivity contribution >= 4 is 13.7 Å². The van der Waals surface area contributed by atoms with Crippen molar-refractivity contribution in [2.75, 3.05) is 40.9 Å². The fourth-order valence-corrected chi connectivity index (χ4v) is 9.12. The van der Waals surface area contributed by atoms with E-state index in [-0.39, 0.29) is 19.1 Å². The molecular formula is C57H111N2O6P. The van der Waals surface area contributed by atoms with Gasteiger partial charge in [0.05, 0.1) is 39.9 Å². The second-order valence-corrected chi connectivity index (χ2v) is 22.1. The maximum absolute atomic E-state index is 13.0. The highest BCUT2D eigenvalue weighted by Crippen LogP contribution is 2.38. The third-order valence-corrected chi connectivity index (χ3v) is 13.8. The molecule has 0 saturated carbocycles. The number of allylic oxidation sites excluding steroid dienone is 6. The van der Waals surface area contributed by atoms with E-state index in [0.717, 1.165) is 51.4 Å². The van der Waals surface area contributed by atoms with Crippen LogP contribution in [0.25, 0.3) is 0 Å². The highest BCUT2D eigenvalue weighted by atomic mass is 31.2. The van der Waals surface area contributed by atoms with Gasteiger partial charge in [0.2, 0.25) is 5.91 Å². The summed E-state index contributed by atoms with van der Waals surface area (Å²) in [5.74, 6) is -0.164. The summed E-state index contributed by atoms with van der Waals surface area (Å²) in [4.78, 5) is 25.5. The third-order valence-electron chi connectivity index (χ3n) is 12.9. The van der Waals surface area contributed by atoms with Gasteiger partial charge in [-0.25, -0.2) is 0 Å². The number of aliphatic hydroxyl groups is 1. The van der Waals surface area contributed by atoms with Gasteiger partial charge in [-0.3, -0.25) is 9.36 Å². The van der Waals surface area contributed by atoms with E-state index in [4.69, 9.17) is 9.05 Å². The summed E-state index contributed by atoms with van der Waals surface area (Å²) in [6.07, 6.45) is 61.6. The van der Waals surface area contributed by atoms with Crippen LogP contribution in [-0.2, 0) is 18.4 Å². The van der Waals surface area contributed by atoms with Crippen LogP contribution in [0.4, 0.5) is 0 Å². The highest BCUT2D eigenvalue weighted by Gasteiger charge is 2.24. The molecule has 66 heavy (non-hydrogen) atoms. The molecule has 0 aromatic rings. The standard InChI is InChI=1S/C57H111N2O6P/c1-6-8-10-12-14-16-18-20-22-24-25-26-27-28-29-30-31-32-33-35-37-39-41-43-45-47-49-51-57(61)58-55(54-65-66(62,63)64-53-52-59(3,4)5)56(60)50-48-46-44-42-40-38-36-34-23-21-19-17-15-13-11-9-7-2/h18,20,24-25,27-28,55-56,60H,6-17,19,21-23,26,29-54H2,1-5H3,(H-,58,61,62,63)/b20-18-,25-24-,28-27-. The van der Waals surface area contributed by atoms with Crippen LogP contribution in [0.5, 0.6) is 0 Å². The molecule has 1 amide bonds. The molecule has 0 heterocycles. The number of aliphatic hydroxyl groups excluding tert-OH is 1. The van der Waals surface area contributed by atoms with Gasteiger partial charge in [0.1, 0.15) is 13.2 Å². The van der Waals surface area contributed by atoms with E-state index >= 15 is 0 Å². The first kappa shape index (κ1) is 64.7. The lowest BCUT2D eigenvalue weighted by atomic mass is 10.0. The number of unbranched alkanes of at least 4 members (excludes halogenated alkanes) is 33. The molecule has 0 aromatic carbocycles. The molecule has 0 radical (unpaired) electrons. The minimum absolute atomic E-state index is 0.0122. The quantitative estimate of drug-likeness (QED) is 0.0272. The highest BCUT2D eigenvalue weighted by molar-refractivity contribution is 7.45. The summed E-state index contributed by atoms with van der Waals surface area (Å²) in [6, 6.07) is -0.801. The minimum atomic E-state index is -4.57. The Balaban J connectivity index is 4.15. The number of likely N-dealkylation sites (N-methyl/N-ethyl adjacent to an activating group) is 1. The van der Waals surface area contributed by atoms with Gasteiger partial charge in [-0.1, -0.05) is 249 Å². The number of rotatable bonds is 52. The number of phosphoric acid groups is 1. The van der Waals surface area contributed by atoms with Crippen molar-refractivity contribution in [2.45, 2.75) is 283 Å². The average molecular weight is 951 g/mol. The lowest BCUT2D eigenvalue weighted by Crippen LogP contribution is -2.46. The molecule has 2 N–H and O–H groups in total. The van der Waals surface area contributed by atoms with Gasteiger partial charge in [0.15, 0.2) is 0 Å². The van der Waals surface area contributed by atoms with E-state index in [0.29, 0.717) is 23.9 Å². The molecule has 0 rings (SSSR count).